The summed E-state index contributed by atoms with van der Waals surface area (Å²) in [6.07, 6.45) is 0. The van der Waals surface area contributed by atoms with Crippen LogP contribution in [-0.2, 0) is 0 Å². The lowest BCUT2D eigenvalue weighted by molar-refractivity contribution is 0.297. The monoisotopic (exact) mass is 175 g/mol. The third kappa shape index (κ3) is 1.52. The molecule has 1 aliphatic rings. The molecule has 1 heterocycles. The van der Waals surface area contributed by atoms with Crippen LogP contribution in [0.2, 0.25) is 0 Å². The van der Waals surface area contributed by atoms with Crippen molar-refractivity contribution in [3.8, 4) is 5.75 Å². The Hall–Kier alpha value is -1.44. The number of fused-ring (bicyclic) bond motifs is 1. The molecule has 1 atom stereocenters. The maximum atomic E-state index is 5.57. The number of benzene rings is 1. The van der Waals surface area contributed by atoms with Gasteiger partial charge in [-0.1, -0.05) is 24.3 Å². The molecule has 0 aliphatic carbocycles. The molecule has 0 aromatic heterocycles. The molecule has 0 amide bonds. The van der Waals surface area contributed by atoms with Gasteiger partial charge in [-0.2, -0.15) is 0 Å². The maximum Gasteiger partial charge on any atom is 0.142 e. The zero-order valence-corrected chi connectivity index (χ0v) is 7.71. The Morgan fingerprint density at radius 1 is 1.54 bits per heavy atom. The molecule has 13 heavy (non-hydrogen) atoms. The number of rotatable bonds is 1. The van der Waals surface area contributed by atoms with E-state index in [0.29, 0.717) is 6.61 Å². The first kappa shape index (κ1) is 8.17. The van der Waals surface area contributed by atoms with E-state index in [1.54, 1.807) is 0 Å². The Morgan fingerprint density at radius 3 is 3.08 bits per heavy atom. The normalized spacial score (nSPS) is 19.6. The number of para-hydroxylation sites is 2. The average molecular weight is 175 g/mol. The van der Waals surface area contributed by atoms with Gasteiger partial charge in [0.25, 0.3) is 0 Å². The first-order chi connectivity index (χ1) is 6.27. The fourth-order valence-electron chi connectivity index (χ4n) is 1.38. The van der Waals surface area contributed by atoms with Crippen LogP contribution < -0.4 is 10.1 Å². The van der Waals surface area contributed by atoms with Gasteiger partial charge in [0.1, 0.15) is 12.4 Å². The van der Waals surface area contributed by atoms with Crippen LogP contribution in [0.4, 0.5) is 5.69 Å². The van der Waals surface area contributed by atoms with Gasteiger partial charge in [0.2, 0.25) is 0 Å². The molecular formula is C11H13NO. The van der Waals surface area contributed by atoms with Gasteiger partial charge in [-0.05, 0) is 19.1 Å². The molecule has 0 radical (unpaired) electrons. The van der Waals surface area contributed by atoms with Crippen molar-refractivity contribution in [1.82, 2.24) is 0 Å². The van der Waals surface area contributed by atoms with Crippen LogP contribution in [0.5, 0.6) is 5.75 Å². The summed E-state index contributed by atoms with van der Waals surface area (Å²) in [4.78, 5) is 0. The van der Waals surface area contributed by atoms with E-state index in [-0.39, 0.29) is 6.04 Å². The van der Waals surface area contributed by atoms with Gasteiger partial charge in [0.05, 0.1) is 11.7 Å². The van der Waals surface area contributed by atoms with Crippen molar-refractivity contribution >= 4 is 5.69 Å². The zero-order chi connectivity index (χ0) is 9.26. The van der Waals surface area contributed by atoms with Gasteiger partial charge in [-0.25, -0.2) is 0 Å². The van der Waals surface area contributed by atoms with Crippen LogP contribution in [0.3, 0.4) is 0 Å². The summed E-state index contributed by atoms with van der Waals surface area (Å²) in [6.45, 7) is 6.59. The van der Waals surface area contributed by atoms with E-state index in [4.69, 9.17) is 4.74 Å². The molecule has 2 rings (SSSR count). The third-order valence-electron chi connectivity index (χ3n) is 2.22. The molecule has 1 aromatic rings. The van der Waals surface area contributed by atoms with Crippen LogP contribution in [0.15, 0.2) is 36.4 Å². The predicted molar refractivity (Wildman–Crippen MR) is 54.2 cm³/mol. The highest BCUT2D eigenvalue weighted by Crippen LogP contribution is 2.29. The molecular weight excluding hydrogens is 162 g/mol. The van der Waals surface area contributed by atoms with Crippen molar-refractivity contribution in [2.45, 2.75) is 13.0 Å². The molecule has 0 saturated carbocycles. The number of anilines is 1. The van der Waals surface area contributed by atoms with Gasteiger partial charge in [0, 0.05) is 0 Å². The highest BCUT2D eigenvalue weighted by molar-refractivity contribution is 5.59. The Bertz CT molecular complexity index is 333. The molecule has 68 valence electrons. The smallest absolute Gasteiger partial charge is 0.142 e. The van der Waals surface area contributed by atoms with E-state index in [1.165, 1.54) is 0 Å². The summed E-state index contributed by atoms with van der Waals surface area (Å²) in [5.74, 6) is 0.931. The Labute approximate surface area is 78.2 Å². The summed E-state index contributed by atoms with van der Waals surface area (Å²) in [5, 5.41) is 3.37. The van der Waals surface area contributed by atoms with E-state index in [1.807, 2.05) is 31.2 Å². The number of hydrogen-bond donors (Lipinski definition) is 1. The minimum Gasteiger partial charge on any atom is -0.489 e. The number of ether oxygens (including phenoxy) is 1. The molecule has 1 unspecified atom stereocenters. The molecule has 0 fully saturated rings. The minimum absolute atomic E-state index is 0.245. The molecule has 2 heteroatoms. The lowest BCUT2D eigenvalue weighted by Crippen LogP contribution is -2.31. The van der Waals surface area contributed by atoms with Crippen LogP contribution >= 0.6 is 0 Å². The van der Waals surface area contributed by atoms with E-state index < -0.39 is 0 Å². The van der Waals surface area contributed by atoms with Crippen LogP contribution in [-0.4, -0.2) is 12.6 Å². The Morgan fingerprint density at radius 2 is 2.31 bits per heavy atom. The largest absolute Gasteiger partial charge is 0.489 e. The SMILES string of the molecule is C=C(C)C1COc2ccccc2N1. The summed E-state index contributed by atoms with van der Waals surface area (Å²) in [7, 11) is 0. The van der Waals surface area contributed by atoms with Gasteiger partial charge < -0.3 is 10.1 Å². The predicted octanol–water partition coefficient (Wildman–Crippen LogP) is 2.44. The minimum atomic E-state index is 0.245. The summed E-state index contributed by atoms with van der Waals surface area (Å²) in [5.41, 5.74) is 2.16. The van der Waals surface area contributed by atoms with Crippen LogP contribution in [0.1, 0.15) is 6.92 Å². The number of hydrogen-bond acceptors (Lipinski definition) is 2. The van der Waals surface area contributed by atoms with Crippen molar-refractivity contribution in [3.63, 3.8) is 0 Å². The Balaban J connectivity index is 2.24. The van der Waals surface area contributed by atoms with Crippen molar-refractivity contribution < 1.29 is 4.74 Å². The fraction of sp³-hybridized carbons (Fsp3) is 0.273. The van der Waals surface area contributed by atoms with E-state index in [2.05, 4.69) is 11.9 Å². The summed E-state index contributed by atoms with van der Waals surface area (Å²) < 4.78 is 5.57. The van der Waals surface area contributed by atoms with Gasteiger partial charge in [0.15, 0.2) is 0 Å². The second kappa shape index (κ2) is 3.13. The van der Waals surface area contributed by atoms with Gasteiger partial charge >= 0.3 is 0 Å². The van der Waals surface area contributed by atoms with Crippen molar-refractivity contribution in [2.24, 2.45) is 0 Å². The summed E-state index contributed by atoms with van der Waals surface area (Å²) in [6, 6.07) is 8.20. The first-order valence-electron chi connectivity index (χ1n) is 4.41. The maximum absolute atomic E-state index is 5.57. The molecule has 0 saturated heterocycles. The molecule has 1 aliphatic heterocycles. The van der Waals surface area contributed by atoms with E-state index in [0.717, 1.165) is 17.0 Å². The zero-order valence-electron chi connectivity index (χ0n) is 7.71. The van der Waals surface area contributed by atoms with Crippen molar-refractivity contribution in [1.29, 1.82) is 0 Å². The Kier molecular flexibility index (Phi) is 1.97. The van der Waals surface area contributed by atoms with E-state index in [9.17, 15) is 0 Å². The topological polar surface area (TPSA) is 21.3 Å². The highest BCUT2D eigenvalue weighted by atomic mass is 16.5. The van der Waals surface area contributed by atoms with Crippen molar-refractivity contribution in [3.05, 3.63) is 36.4 Å². The second-order valence-electron chi connectivity index (χ2n) is 3.35. The van der Waals surface area contributed by atoms with E-state index >= 15 is 0 Å². The number of nitrogens with one attached hydrogen (secondary N) is 1. The third-order valence-corrected chi connectivity index (χ3v) is 2.22. The molecule has 0 spiro atoms. The van der Waals surface area contributed by atoms with Crippen molar-refractivity contribution in [2.75, 3.05) is 11.9 Å². The fourth-order valence-corrected chi connectivity index (χ4v) is 1.38. The standard InChI is InChI=1S/C11H13NO/c1-8(2)10-7-13-11-6-4-3-5-9(11)12-10/h3-6,10,12H,1,7H2,2H3. The molecule has 1 N–H and O–H groups in total. The first-order valence-corrected chi connectivity index (χ1v) is 4.41. The van der Waals surface area contributed by atoms with Gasteiger partial charge in [-0.15, -0.1) is 0 Å². The molecule has 1 aromatic carbocycles. The highest BCUT2D eigenvalue weighted by Gasteiger charge is 2.17. The van der Waals surface area contributed by atoms with Gasteiger partial charge in [-0.3, -0.25) is 0 Å². The molecule has 2 nitrogen and oxygen atoms in total. The van der Waals surface area contributed by atoms with Crippen LogP contribution in [0.25, 0.3) is 0 Å². The lowest BCUT2D eigenvalue weighted by Gasteiger charge is -2.27. The van der Waals surface area contributed by atoms with Crippen LogP contribution in [0, 0.1) is 0 Å². The lowest BCUT2D eigenvalue weighted by atomic mass is 10.1. The quantitative estimate of drug-likeness (QED) is 0.662. The second-order valence-corrected chi connectivity index (χ2v) is 3.35. The summed E-state index contributed by atoms with van der Waals surface area (Å²) >= 11 is 0. The molecule has 0 bridgehead atoms. The average Bonchev–Trinajstić information content (AvgIpc) is 2.17.